The van der Waals surface area contributed by atoms with Crippen molar-refractivity contribution in [3.63, 3.8) is 0 Å². The first-order valence-corrected chi connectivity index (χ1v) is 8.26. The molecule has 0 atom stereocenters. The molecule has 0 unspecified atom stereocenters. The molecule has 0 aliphatic heterocycles. The number of furan rings is 1. The van der Waals surface area contributed by atoms with E-state index in [0.717, 1.165) is 17.1 Å². The highest BCUT2D eigenvalue weighted by molar-refractivity contribution is 7.11. The van der Waals surface area contributed by atoms with Gasteiger partial charge < -0.3 is 9.73 Å². The Bertz CT molecular complexity index is 789. The fourth-order valence-corrected chi connectivity index (χ4v) is 3.31. The normalized spacial score (nSPS) is 10.7. The van der Waals surface area contributed by atoms with Crippen LogP contribution in [-0.2, 0) is 13.0 Å². The van der Waals surface area contributed by atoms with E-state index in [-0.39, 0.29) is 5.91 Å². The summed E-state index contributed by atoms with van der Waals surface area (Å²) in [6, 6.07) is 11.9. The van der Waals surface area contributed by atoms with Gasteiger partial charge in [-0.2, -0.15) is 0 Å². The maximum atomic E-state index is 11.9. The molecular formula is C18H18N2O2S. The third-order valence-corrected chi connectivity index (χ3v) is 4.72. The van der Waals surface area contributed by atoms with Gasteiger partial charge >= 0.3 is 0 Å². The van der Waals surface area contributed by atoms with Crippen molar-refractivity contribution in [3.8, 4) is 0 Å². The number of nitrogens with zero attached hydrogens (tertiary/aromatic N) is 1. The molecule has 1 aromatic carbocycles. The third-order valence-electron chi connectivity index (χ3n) is 3.57. The lowest BCUT2D eigenvalue weighted by Crippen LogP contribution is -2.22. The highest BCUT2D eigenvalue weighted by atomic mass is 32.1. The first-order valence-electron chi connectivity index (χ1n) is 7.44. The number of rotatable bonds is 5. The lowest BCUT2D eigenvalue weighted by atomic mass is 10.1. The molecule has 0 fully saturated rings. The molecule has 3 rings (SSSR count). The predicted octanol–water partition coefficient (Wildman–Crippen LogP) is 3.87. The number of hydrogen-bond acceptors (Lipinski definition) is 4. The van der Waals surface area contributed by atoms with Crippen LogP contribution in [0.15, 0.2) is 47.1 Å². The molecule has 23 heavy (non-hydrogen) atoms. The number of benzene rings is 1. The van der Waals surface area contributed by atoms with E-state index in [4.69, 9.17) is 4.42 Å². The number of hydrogen-bond donors (Lipinski definition) is 1. The predicted molar refractivity (Wildman–Crippen MR) is 90.7 cm³/mol. The van der Waals surface area contributed by atoms with Crippen LogP contribution in [0, 0.1) is 13.8 Å². The van der Waals surface area contributed by atoms with Crippen molar-refractivity contribution in [2.45, 2.75) is 26.8 Å². The molecule has 2 aromatic heterocycles. The lowest BCUT2D eigenvalue weighted by molar-refractivity contribution is 0.0923. The number of aromatic nitrogens is 1. The standard InChI is InChI=1S/C18H18N2O2S/c1-12-5-7-14(8-6-12)10-16-13(2)20-17(23-16)11-19-18(21)15-4-3-9-22-15/h3-9H,10-11H2,1-2H3,(H,19,21). The van der Waals surface area contributed by atoms with Crippen molar-refractivity contribution in [1.82, 2.24) is 10.3 Å². The van der Waals surface area contributed by atoms with E-state index in [1.807, 2.05) is 6.92 Å². The molecule has 0 radical (unpaired) electrons. The van der Waals surface area contributed by atoms with Crippen LogP contribution in [-0.4, -0.2) is 10.9 Å². The average molecular weight is 326 g/mol. The number of thiazole rings is 1. The topological polar surface area (TPSA) is 55.1 Å². The lowest BCUT2D eigenvalue weighted by Gasteiger charge is -2.00. The molecular weight excluding hydrogens is 308 g/mol. The summed E-state index contributed by atoms with van der Waals surface area (Å²) in [6.45, 7) is 4.51. The highest BCUT2D eigenvalue weighted by Gasteiger charge is 2.12. The summed E-state index contributed by atoms with van der Waals surface area (Å²) in [4.78, 5) is 17.6. The van der Waals surface area contributed by atoms with Crippen molar-refractivity contribution in [1.29, 1.82) is 0 Å². The SMILES string of the molecule is Cc1ccc(Cc2sc(CNC(=O)c3ccco3)nc2C)cc1. The van der Waals surface area contributed by atoms with Gasteiger partial charge in [-0.05, 0) is 31.5 Å². The Morgan fingerprint density at radius 1 is 1.22 bits per heavy atom. The van der Waals surface area contributed by atoms with Gasteiger partial charge in [0.1, 0.15) is 5.01 Å². The van der Waals surface area contributed by atoms with Crippen LogP contribution in [0.1, 0.15) is 37.3 Å². The summed E-state index contributed by atoms with van der Waals surface area (Å²) in [6.07, 6.45) is 2.36. The molecule has 2 heterocycles. The second-order valence-corrected chi connectivity index (χ2v) is 6.61. The number of carbonyl (C=O) groups is 1. The van der Waals surface area contributed by atoms with E-state index < -0.39 is 0 Å². The highest BCUT2D eigenvalue weighted by Crippen LogP contribution is 2.22. The Balaban J connectivity index is 1.64. The molecule has 0 aliphatic rings. The first kappa shape index (κ1) is 15.5. The summed E-state index contributed by atoms with van der Waals surface area (Å²) in [5, 5.41) is 3.74. The van der Waals surface area contributed by atoms with Crippen LogP contribution in [0.2, 0.25) is 0 Å². The molecule has 0 saturated heterocycles. The zero-order chi connectivity index (χ0) is 16.2. The molecule has 1 N–H and O–H groups in total. The van der Waals surface area contributed by atoms with Crippen molar-refractivity contribution in [3.05, 3.63) is 75.1 Å². The maximum Gasteiger partial charge on any atom is 0.287 e. The van der Waals surface area contributed by atoms with E-state index in [1.54, 1.807) is 23.5 Å². The van der Waals surface area contributed by atoms with Crippen LogP contribution in [0.5, 0.6) is 0 Å². The van der Waals surface area contributed by atoms with E-state index in [2.05, 4.69) is 41.5 Å². The number of aryl methyl sites for hydroxylation is 2. The Morgan fingerprint density at radius 3 is 2.70 bits per heavy atom. The Morgan fingerprint density at radius 2 is 2.00 bits per heavy atom. The van der Waals surface area contributed by atoms with Gasteiger partial charge in [0.15, 0.2) is 5.76 Å². The van der Waals surface area contributed by atoms with Crippen LogP contribution >= 0.6 is 11.3 Å². The molecule has 3 aromatic rings. The van der Waals surface area contributed by atoms with E-state index in [9.17, 15) is 4.79 Å². The van der Waals surface area contributed by atoms with Gasteiger partial charge in [-0.15, -0.1) is 11.3 Å². The average Bonchev–Trinajstić information content (AvgIpc) is 3.18. The minimum Gasteiger partial charge on any atom is -0.459 e. The largest absolute Gasteiger partial charge is 0.459 e. The zero-order valence-corrected chi connectivity index (χ0v) is 13.9. The number of amides is 1. The smallest absolute Gasteiger partial charge is 0.287 e. The van der Waals surface area contributed by atoms with Gasteiger partial charge in [-0.3, -0.25) is 4.79 Å². The fraction of sp³-hybridized carbons (Fsp3) is 0.222. The number of nitrogens with one attached hydrogen (secondary N) is 1. The summed E-state index contributed by atoms with van der Waals surface area (Å²) in [7, 11) is 0. The van der Waals surface area contributed by atoms with Gasteiger partial charge in [-0.1, -0.05) is 29.8 Å². The van der Waals surface area contributed by atoms with Crippen LogP contribution < -0.4 is 5.32 Å². The molecule has 5 heteroatoms. The minimum atomic E-state index is -0.220. The second kappa shape index (κ2) is 6.79. The molecule has 0 aliphatic carbocycles. The van der Waals surface area contributed by atoms with Gasteiger partial charge in [0, 0.05) is 11.3 Å². The van der Waals surface area contributed by atoms with E-state index >= 15 is 0 Å². The van der Waals surface area contributed by atoms with E-state index in [1.165, 1.54) is 22.3 Å². The van der Waals surface area contributed by atoms with E-state index in [0.29, 0.717) is 12.3 Å². The summed E-state index contributed by atoms with van der Waals surface area (Å²) >= 11 is 1.64. The first-order chi connectivity index (χ1) is 11.1. The molecule has 0 spiro atoms. The number of carbonyl (C=O) groups excluding carboxylic acids is 1. The van der Waals surface area contributed by atoms with Crippen LogP contribution in [0.25, 0.3) is 0 Å². The Kier molecular flexibility index (Phi) is 4.57. The van der Waals surface area contributed by atoms with Gasteiger partial charge in [-0.25, -0.2) is 4.98 Å². The summed E-state index contributed by atoms with van der Waals surface area (Å²) in [5.41, 5.74) is 3.56. The van der Waals surface area contributed by atoms with Crippen molar-refractivity contribution < 1.29 is 9.21 Å². The van der Waals surface area contributed by atoms with Crippen molar-refractivity contribution in [2.75, 3.05) is 0 Å². The zero-order valence-electron chi connectivity index (χ0n) is 13.1. The van der Waals surface area contributed by atoms with Gasteiger partial charge in [0.05, 0.1) is 18.5 Å². The van der Waals surface area contributed by atoms with Gasteiger partial charge in [0.2, 0.25) is 0 Å². The third kappa shape index (κ3) is 3.87. The van der Waals surface area contributed by atoms with Gasteiger partial charge in [0.25, 0.3) is 5.91 Å². The van der Waals surface area contributed by atoms with Crippen molar-refractivity contribution in [2.24, 2.45) is 0 Å². The Hall–Kier alpha value is -2.40. The molecule has 1 amide bonds. The molecule has 0 saturated carbocycles. The van der Waals surface area contributed by atoms with Crippen LogP contribution in [0.4, 0.5) is 0 Å². The molecule has 0 bridgehead atoms. The summed E-state index contributed by atoms with van der Waals surface area (Å²) in [5.74, 6) is 0.0982. The minimum absolute atomic E-state index is 0.220. The monoisotopic (exact) mass is 326 g/mol. The van der Waals surface area contributed by atoms with Crippen molar-refractivity contribution >= 4 is 17.2 Å². The molecule has 118 valence electrons. The Labute approximate surface area is 139 Å². The quantitative estimate of drug-likeness (QED) is 0.774. The molecule has 4 nitrogen and oxygen atoms in total. The summed E-state index contributed by atoms with van der Waals surface area (Å²) < 4.78 is 5.07. The second-order valence-electron chi connectivity index (χ2n) is 5.44. The maximum absolute atomic E-state index is 11.9. The fourth-order valence-electron chi connectivity index (χ4n) is 2.27. The van der Waals surface area contributed by atoms with Crippen LogP contribution in [0.3, 0.4) is 0 Å².